The maximum absolute atomic E-state index is 12.3. The molecule has 6 nitrogen and oxygen atoms in total. The second-order valence-corrected chi connectivity index (χ2v) is 9.73. The molecule has 1 fully saturated rings. The van der Waals surface area contributed by atoms with Crippen LogP contribution in [0.1, 0.15) is 60.3 Å². The van der Waals surface area contributed by atoms with Gasteiger partial charge in [0.25, 0.3) is 0 Å². The van der Waals surface area contributed by atoms with E-state index in [0.717, 1.165) is 47.9 Å². The van der Waals surface area contributed by atoms with Gasteiger partial charge >= 0.3 is 6.09 Å². The number of pyridine rings is 1. The number of allylic oxidation sites excluding steroid dienone is 1. The summed E-state index contributed by atoms with van der Waals surface area (Å²) in [5.41, 5.74) is 6.01. The van der Waals surface area contributed by atoms with Crippen molar-refractivity contribution in [2.75, 3.05) is 19.7 Å². The Labute approximate surface area is 211 Å². The number of fused-ring (bicyclic) bond motifs is 2. The minimum absolute atomic E-state index is 0.145. The van der Waals surface area contributed by atoms with Gasteiger partial charge < -0.3 is 14.2 Å². The highest BCUT2D eigenvalue weighted by Crippen LogP contribution is 2.45. The van der Waals surface area contributed by atoms with Crippen LogP contribution in [0.25, 0.3) is 11.6 Å². The number of benzene rings is 1. The molecule has 1 aliphatic heterocycles. The second-order valence-electron chi connectivity index (χ2n) is 9.30. The fourth-order valence-corrected chi connectivity index (χ4v) is 5.67. The molecule has 1 saturated heterocycles. The van der Waals surface area contributed by atoms with Crippen LogP contribution in [0.5, 0.6) is 0 Å². The van der Waals surface area contributed by atoms with Crippen LogP contribution in [0.4, 0.5) is 4.79 Å². The van der Waals surface area contributed by atoms with Gasteiger partial charge in [-0.25, -0.2) is 9.78 Å². The molecule has 3 aromatic rings. The Morgan fingerprint density at radius 1 is 1.17 bits per heavy atom. The molecular formula is C28H31ClN4O2. The van der Waals surface area contributed by atoms with E-state index in [-0.39, 0.29) is 12.0 Å². The number of piperidine rings is 1. The third-order valence-corrected chi connectivity index (χ3v) is 7.51. The predicted molar refractivity (Wildman–Crippen MR) is 138 cm³/mol. The van der Waals surface area contributed by atoms with E-state index in [9.17, 15) is 4.79 Å². The van der Waals surface area contributed by atoms with Crippen molar-refractivity contribution in [1.29, 1.82) is 0 Å². The highest BCUT2D eigenvalue weighted by molar-refractivity contribution is 6.30. The molecule has 0 radical (unpaired) electrons. The van der Waals surface area contributed by atoms with Gasteiger partial charge in [-0.15, -0.1) is 0 Å². The molecule has 0 bridgehead atoms. The molecule has 1 atom stereocenters. The zero-order valence-electron chi connectivity index (χ0n) is 20.3. The summed E-state index contributed by atoms with van der Waals surface area (Å²) in [6.07, 6.45) is 10.5. The molecule has 0 spiro atoms. The van der Waals surface area contributed by atoms with E-state index in [1.807, 2.05) is 49.5 Å². The van der Waals surface area contributed by atoms with Crippen molar-refractivity contribution in [1.82, 2.24) is 19.4 Å². The summed E-state index contributed by atoms with van der Waals surface area (Å²) >= 11 is 6.53. The summed E-state index contributed by atoms with van der Waals surface area (Å²) in [7, 11) is 0. The van der Waals surface area contributed by atoms with Gasteiger partial charge in [-0.2, -0.15) is 0 Å². The van der Waals surface area contributed by atoms with E-state index in [0.29, 0.717) is 25.6 Å². The Morgan fingerprint density at radius 2 is 2.00 bits per heavy atom. The van der Waals surface area contributed by atoms with Gasteiger partial charge in [0.1, 0.15) is 5.82 Å². The molecule has 0 N–H and O–H groups in total. The van der Waals surface area contributed by atoms with Gasteiger partial charge in [0.05, 0.1) is 12.3 Å². The summed E-state index contributed by atoms with van der Waals surface area (Å²) in [6, 6.07) is 10.5. The first kappa shape index (κ1) is 23.6. The summed E-state index contributed by atoms with van der Waals surface area (Å²) in [5, 5.41) is 0.739. The number of likely N-dealkylation sites (tertiary alicyclic amines) is 1. The van der Waals surface area contributed by atoms with E-state index in [2.05, 4.69) is 33.8 Å². The Morgan fingerprint density at radius 3 is 2.74 bits per heavy atom. The van der Waals surface area contributed by atoms with Gasteiger partial charge in [0, 0.05) is 49.2 Å². The van der Waals surface area contributed by atoms with Gasteiger partial charge in [0.15, 0.2) is 0 Å². The number of halogens is 1. The zero-order valence-corrected chi connectivity index (χ0v) is 21.0. The van der Waals surface area contributed by atoms with E-state index >= 15 is 0 Å². The number of imidazole rings is 1. The molecule has 3 heterocycles. The van der Waals surface area contributed by atoms with Crippen molar-refractivity contribution in [2.45, 2.75) is 45.6 Å². The Balaban J connectivity index is 1.50. The third kappa shape index (κ3) is 4.85. The summed E-state index contributed by atoms with van der Waals surface area (Å²) in [6.45, 7) is 6.53. The molecule has 1 unspecified atom stereocenters. The monoisotopic (exact) mass is 490 g/mol. The van der Waals surface area contributed by atoms with Crippen molar-refractivity contribution < 1.29 is 9.53 Å². The molecular weight excluding hydrogens is 460 g/mol. The third-order valence-electron chi connectivity index (χ3n) is 7.27. The molecule has 5 rings (SSSR count). The van der Waals surface area contributed by atoms with Gasteiger partial charge in [0.2, 0.25) is 0 Å². The largest absolute Gasteiger partial charge is 0.450 e. The van der Waals surface area contributed by atoms with Crippen molar-refractivity contribution in [3.8, 4) is 0 Å². The lowest BCUT2D eigenvalue weighted by Crippen LogP contribution is -2.40. The number of aromatic nitrogens is 3. The lowest BCUT2D eigenvalue weighted by molar-refractivity contribution is 0.0900. The minimum atomic E-state index is -0.212. The number of ether oxygens (including phenoxy) is 1. The van der Waals surface area contributed by atoms with Crippen molar-refractivity contribution in [2.24, 2.45) is 5.92 Å². The van der Waals surface area contributed by atoms with Crippen LogP contribution in [0.15, 0.2) is 48.9 Å². The Hall–Kier alpha value is -3.12. The maximum Gasteiger partial charge on any atom is 0.409 e. The normalized spacial score (nSPS) is 17.9. The number of carbonyl (C=O) groups is 1. The highest BCUT2D eigenvalue weighted by atomic mass is 35.5. The topological polar surface area (TPSA) is 60.2 Å². The predicted octanol–water partition coefficient (Wildman–Crippen LogP) is 6.18. The maximum atomic E-state index is 12.3. The lowest BCUT2D eigenvalue weighted by atomic mass is 9.76. The average molecular weight is 491 g/mol. The van der Waals surface area contributed by atoms with Crippen LogP contribution in [0.2, 0.25) is 5.02 Å². The van der Waals surface area contributed by atoms with E-state index in [4.69, 9.17) is 21.3 Å². The van der Waals surface area contributed by atoms with Gasteiger partial charge in [-0.1, -0.05) is 23.7 Å². The van der Waals surface area contributed by atoms with E-state index in [1.54, 1.807) is 0 Å². The molecule has 2 aliphatic rings. The molecule has 1 aromatic carbocycles. The molecule has 2 aromatic heterocycles. The van der Waals surface area contributed by atoms with Crippen molar-refractivity contribution >= 4 is 29.3 Å². The zero-order chi connectivity index (χ0) is 24.4. The minimum Gasteiger partial charge on any atom is -0.450 e. The van der Waals surface area contributed by atoms with Crippen LogP contribution < -0.4 is 0 Å². The van der Waals surface area contributed by atoms with Gasteiger partial charge in [-0.3, -0.25) is 4.98 Å². The van der Waals surface area contributed by atoms with Gasteiger partial charge in [-0.05, 0) is 85.6 Å². The fraction of sp³-hybridized carbons (Fsp3) is 0.393. The lowest BCUT2D eigenvalue weighted by Gasteiger charge is -2.36. The first-order valence-corrected chi connectivity index (χ1v) is 12.8. The molecule has 1 aliphatic carbocycles. The number of carbonyl (C=O) groups excluding carboxylic acids is 1. The average Bonchev–Trinajstić information content (AvgIpc) is 3.22. The van der Waals surface area contributed by atoms with Crippen LogP contribution in [-0.4, -0.2) is 45.2 Å². The van der Waals surface area contributed by atoms with Crippen LogP contribution in [0, 0.1) is 12.8 Å². The second kappa shape index (κ2) is 10.2. The molecule has 182 valence electrons. The number of amides is 1. The first-order chi connectivity index (χ1) is 17.0. The van der Waals surface area contributed by atoms with Crippen LogP contribution in [0.3, 0.4) is 0 Å². The van der Waals surface area contributed by atoms with E-state index < -0.39 is 0 Å². The Kier molecular flexibility index (Phi) is 6.91. The molecule has 0 saturated carbocycles. The number of rotatable bonds is 5. The van der Waals surface area contributed by atoms with Crippen molar-refractivity contribution in [3.63, 3.8) is 0 Å². The summed E-state index contributed by atoms with van der Waals surface area (Å²) in [5.74, 6) is 1.53. The fourth-order valence-electron chi connectivity index (χ4n) is 5.50. The summed E-state index contributed by atoms with van der Waals surface area (Å²) < 4.78 is 7.42. The standard InChI is InChI=1S/C28H31ClN4O2/c1-3-35-28(34)33-14-8-20(9-15-33)26-24-7-6-23(29)18-25(24)21(10-13-32-16-12-30-19(32)2)17-22-5-4-11-31-27(22)26/h4-7,11-12,16-18,20,26H,3,8-10,13-15H2,1-2H3. The van der Waals surface area contributed by atoms with Crippen molar-refractivity contribution in [3.05, 3.63) is 82.2 Å². The number of hydrogen-bond acceptors (Lipinski definition) is 4. The van der Waals surface area contributed by atoms with E-state index in [1.165, 1.54) is 16.7 Å². The molecule has 35 heavy (non-hydrogen) atoms. The van der Waals surface area contributed by atoms with Crippen LogP contribution >= 0.6 is 11.6 Å². The quantitative estimate of drug-likeness (QED) is 0.428. The number of hydrogen-bond donors (Lipinski definition) is 0. The smallest absolute Gasteiger partial charge is 0.409 e. The first-order valence-electron chi connectivity index (χ1n) is 12.4. The van der Waals surface area contributed by atoms with Crippen LogP contribution in [-0.2, 0) is 11.3 Å². The SMILES string of the molecule is CCOC(=O)N1CCC(C2c3ccc(Cl)cc3C(CCn3ccnc3C)=Cc3cccnc32)CC1. The summed E-state index contributed by atoms with van der Waals surface area (Å²) in [4.78, 5) is 23.4. The Bertz CT molecular complexity index is 1240. The highest BCUT2D eigenvalue weighted by Gasteiger charge is 2.35. The number of aryl methyl sites for hydroxylation is 2. The number of nitrogens with zero attached hydrogens (tertiary/aromatic N) is 4. The molecule has 1 amide bonds. The molecule has 7 heteroatoms.